The van der Waals surface area contributed by atoms with Crippen LogP contribution in [0.2, 0.25) is 0 Å². The van der Waals surface area contributed by atoms with Crippen LogP contribution >= 0.6 is 15.9 Å². The van der Waals surface area contributed by atoms with Crippen molar-refractivity contribution in [2.75, 3.05) is 12.4 Å². The summed E-state index contributed by atoms with van der Waals surface area (Å²) >= 11 is 3.60. The lowest BCUT2D eigenvalue weighted by molar-refractivity contribution is 0.651. The number of nitrogens with zero attached hydrogens (tertiary/aromatic N) is 2. The fourth-order valence-corrected chi connectivity index (χ4v) is 3.23. The Morgan fingerprint density at radius 2 is 1.88 bits per heavy atom. The fourth-order valence-electron chi connectivity index (χ4n) is 2.40. The van der Waals surface area contributed by atoms with Crippen LogP contribution in [0.4, 0.5) is 5.82 Å². The predicted molar refractivity (Wildman–Crippen MR) is 74.6 cm³/mol. The van der Waals surface area contributed by atoms with Gasteiger partial charge in [0, 0.05) is 13.0 Å². The minimum Gasteiger partial charge on any atom is -0.372 e. The van der Waals surface area contributed by atoms with E-state index in [9.17, 15) is 0 Å². The molecule has 0 bridgehead atoms. The molecule has 0 aliphatic heterocycles. The number of aromatic nitrogens is 2. The van der Waals surface area contributed by atoms with Crippen molar-refractivity contribution in [1.29, 1.82) is 0 Å². The molecule has 1 N–H and O–H groups in total. The molecule has 3 nitrogen and oxygen atoms in total. The van der Waals surface area contributed by atoms with Crippen LogP contribution in [0.15, 0.2) is 4.47 Å². The van der Waals surface area contributed by atoms with E-state index in [-0.39, 0.29) is 0 Å². The lowest BCUT2D eigenvalue weighted by Crippen LogP contribution is -2.09. The Bertz CT molecular complexity index is 398. The number of hydrogen-bond acceptors (Lipinski definition) is 3. The van der Waals surface area contributed by atoms with E-state index in [0.717, 1.165) is 21.8 Å². The number of halogens is 1. The summed E-state index contributed by atoms with van der Waals surface area (Å²) in [5, 5.41) is 3.16. The van der Waals surface area contributed by atoms with Crippen LogP contribution in [0.1, 0.15) is 62.9 Å². The van der Waals surface area contributed by atoms with Gasteiger partial charge in [-0.1, -0.05) is 26.7 Å². The van der Waals surface area contributed by atoms with E-state index in [0.29, 0.717) is 11.8 Å². The second-order valence-electron chi connectivity index (χ2n) is 5.02. The first-order chi connectivity index (χ1) is 8.13. The molecule has 4 heteroatoms. The van der Waals surface area contributed by atoms with Crippen molar-refractivity contribution in [3.8, 4) is 0 Å². The van der Waals surface area contributed by atoms with Gasteiger partial charge in [-0.25, -0.2) is 9.97 Å². The molecular formula is C13H20BrN3. The van der Waals surface area contributed by atoms with E-state index >= 15 is 0 Å². The lowest BCUT2D eigenvalue weighted by Gasteiger charge is -2.16. The van der Waals surface area contributed by atoms with Crippen LogP contribution in [0, 0.1) is 0 Å². The van der Waals surface area contributed by atoms with Gasteiger partial charge in [0.15, 0.2) is 0 Å². The van der Waals surface area contributed by atoms with Gasteiger partial charge in [0.1, 0.15) is 11.6 Å². The Hall–Kier alpha value is -0.640. The molecule has 1 aliphatic rings. The topological polar surface area (TPSA) is 37.8 Å². The van der Waals surface area contributed by atoms with Crippen molar-refractivity contribution in [2.45, 2.75) is 51.4 Å². The van der Waals surface area contributed by atoms with Gasteiger partial charge in [-0.15, -0.1) is 0 Å². The van der Waals surface area contributed by atoms with E-state index < -0.39 is 0 Å². The third-order valence-corrected chi connectivity index (χ3v) is 4.18. The van der Waals surface area contributed by atoms with Crippen LogP contribution < -0.4 is 5.32 Å². The summed E-state index contributed by atoms with van der Waals surface area (Å²) in [5.74, 6) is 2.93. The van der Waals surface area contributed by atoms with Crippen molar-refractivity contribution >= 4 is 21.7 Å². The van der Waals surface area contributed by atoms with Crippen molar-refractivity contribution in [1.82, 2.24) is 9.97 Å². The molecule has 2 rings (SSSR count). The SMILES string of the molecule is CNc1nc(C2CCCC2)nc(C(C)C)c1Br. The van der Waals surface area contributed by atoms with Gasteiger partial charge in [-0.3, -0.25) is 0 Å². The highest BCUT2D eigenvalue weighted by Crippen LogP contribution is 2.36. The Morgan fingerprint density at radius 1 is 1.24 bits per heavy atom. The lowest BCUT2D eigenvalue weighted by atomic mass is 10.1. The van der Waals surface area contributed by atoms with E-state index in [1.807, 2.05) is 7.05 Å². The predicted octanol–water partition coefficient (Wildman–Crippen LogP) is 4.06. The van der Waals surface area contributed by atoms with Crippen LogP contribution in [-0.4, -0.2) is 17.0 Å². The molecule has 0 saturated heterocycles. The Labute approximate surface area is 112 Å². The van der Waals surface area contributed by atoms with Crippen molar-refractivity contribution in [2.24, 2.45) is 0 Å². The summed E-state index contributed by atoms with van der Waals surface area (Å²) in [4.78, 5) is 9.41. The van der Waals surface area contributed by atoms with E-state index in [4.69, 9.17) is 4.98 Å². The quantitative estimate of drug-likeness (QED) is 0.914. The molecule has 0 amide bonds. The summed E-state index contributed by atoms with van der Waals surface area (Å²) in [6.45, 7) is 4.34. The second-order valence-corrected chi connectivity index (χ2v) is 5.81. The number of rotatable bonds is 3. The molecule has 0 aromatic carbocycles. The Balaban J connectivity index is 2.42. The number of nitrogens with one attached hydrogen (secondary N) is 1. The normalized spacial score (nSPS) is 16.8. The molecule has 0 unspecified atom stereocenters. The third-order valence-electron chi connectivity index (χ3n) is 3.40. The zero-order chi connectivity index (χ0) is 12.4. The number of hydrogen-bond donors (Lipinski definition) is 1. The molecule has 94 valence electrons. The van der Waals surface area contributed by atoms with E-state index in [1.165, 1.54) is 25.7 Å². The molecule has 1 aromatic rings. The second kappa shape index (κ2) is 5.34. The van der Waals surface area contributed by atoms with Gasteiger partial charge < -0.3 is 5.32 Å². The maximum absolute atomic E-state index is 4.76. The molecule has 1 fully saturated rings. The minimum absolute atomic E-state index is 0.416. The Morgan fingerprint density at radius 3 is 2.41 bits per heavy atom. The smallest absolute Gasteiger partial charge is 0.144 e. The first-order valence-corrected chi connectivity index (χ1v) is 7.17. The molecule has 0 radical (unpaired) electrons. The zero-order valence-corrected chi connectivity index (χ0v) is 12.3. The van der Waals surface area contributed by atoms with Crippen molar-refractivity contribution in [3.05, 3.63) is 16.0 Å². The summed E-state index contributed by atoms with van der Waals surface area (Å²) in [7, 11) is 1.91. The van der Waals surface area contributed by atoms with E-state index in [2.05, 4.69) is 40.1 Å². The number of anilines is 1. The Kier molecular flexibility index (Phi) is 4.02. The van der Waals surface area contributed by atoms with Crippen LogP contribution in [0.5, 0.6) is 0 Å². The minimum atomic E-state index is 0.416. The third kappa shape index (κ3) is 2.62. The van der Waals surface area contributed by atoms with Crippen molar-refractivity contribution < 1.29 is 0 Å². The highest BCUT2D eigenvalue weighted by molar-refractivity contribution is 9.10. The molecule has 1 aliphatic carbocycles. The van der Waals surface area contributed by atoms with Crippen LogP contribution in [-0.2, 0) is 0 Å². The summed E-state index contributed by atoms with van der Waals surface area (Å²) < 4.78 is 1.01. The summed E-state index contributed by atoms with van der Waals surface area (Å²) in [5.41, 5.74) is 1.12. The maximum Gasteiger partial charge on any atom is 0.144 e. The molecule has 0 atom stereocenters. The highest BCUT2D eigenvalue weighted by Gasteiger charge is 2.23. The average Bonchev–Trinajstić information content (AvgIpc) is 2.82. The van der Waals surface area contributed by atoms with Gasteiger partial charge >= 0.3 is 0 Å². The van der Waals surface area contributed by atoms with Gasteiger partial charge in [0.2, 0.25) is 0 Å². The molecule has 1 heterocycles. The average molecular weight is 298 g/mol. The largest absolute Gasteiger partial charge is 0.372 e. The van der Waals surface area contributed by atoms with Gasteiger partial charge in [0.05, 0.1) is 10.2 Å². The summed E-state index contributed by atoms with van der Waals surface area (Å²) in [6.07, 6.45) is 5.11. The van der Waals surface area contributed by atoms with Gasteiger partial charge in [0.25, 0.3) is 0 Å². The van der Waals surface area contributed by atoms with Gasteiger partial charge in [-0.05, 0) is 34.7 Å². The molecular weight excluding hydrogens is 278 g/mol. The molecule has 1 saturated carbocycles. The first-order valence-electron chi connectivity index (χ1n) is 6.38. The molecule has 0 spiro atoms. The van der Waals surface area contributed by atoms with Crippen LogP contribution in [0.25, 0.3) is 0 Å². The fraction of sp³-hybridized carbons (Fsp3) is 0.692. The monoisotopic (exact) mass is 297 g/mol. The zero-order valence-electron chi connectivity index (χ0n) is 10.8. The maximum atomic E-state index is 4.76. The highest BCUT2D eigenvalue weighted by atomic mass is 79.9. The molecule has 1 aromatic heterocycles. The first kappa shape index (κ1) is 12.8. The standard InChI is InChI=1S/C13H20BrN3/c1-8(2)11-10(14)13(15-3)17-12(16-11)9-6-4-5-7-9/h8-9H,4-7H2,1-3H3,(H,15,16,17). The molecule has 17 heavy (non-hydrogen) atoms. The van der Waals surface area contributed by atoms with E-state index in [1.54, 1.807) is 0 Å². The van der Waals surface area contributed by atoms with Crippen LogP contribution in [0.3, 0.4) is 0 Å². The van der Waals surface area contributed by atoms with Gasteiger partial charge in [-0.2, -0.15) is 0 Å². The van der Waals surface area contributed by atoms with Crippen molar-refractivity contribution in [3.63, 3.8) is 0 Å². The summed E-state index contributed by atoms with van der Waals surface area (Å²) in [6, 6.07) is 0.